The molecule has 0 atom stereocenters. The second-order valence-corrected chi connectivity index (χ2v) is 5.60. The van der Waals surface area contributed by atoms with E-state index in [4.69, 9.17) is 9.84 Å². The summed E-state index contributed by atoms with van der Waals surface area (Å²) in [6, 6.07) is 2.88. The van der Waals surface area contributed by atoms with Crippen LogP contribution in [0.1, 0.15) is 36.0 Å². The number of carbonyl (C=O) groups is 1. The summed E-state index contributed by atoms with van der Waals surface area (Å²) in [6.45, 7) is -0.0775. The van der Waals surface area contributed by atoms with Crippen molar-refractivity contribution in [3.63, 3.8) is 0 Å². The number of halogens is 2. The van der Waals surface area contributed by atoms with Crippen molar-refractivity contribution in [2.24, 2.45) is 5.41 Å². The molecular formula is C15H20F2N2O3. The number of aromatic nitrogens is 1. The second-order valence-electron chi connectivity index (χ2n) is 5.60. The van der Waals surface area contributed by atoms with E-state index in [9.17, 15) is 13.6 Å². The molecule has 1 aliphatic carbocycles. The third-order valence-electron chi connectivity index (χ3n) is 4.04. The van der Waals surface area contributed by atoms with Crippen LogP contribution in [0.25, 0.3) is 0 Å². The minimum absolute atomic E-state index is 0.0121. The van der Waals surface area contributed by atoms with E-state index in [2.05, 4.69) is 10.3 Å². The van der Waals surface area contributed by atoms with Crippen LogP contribution in [0.3, 0.4) is 0 Å². The quantitative estimate of drug-likeness (QED) is 0.770. The molecule has 1 aliphatic rings. The molecule has 2 rings (SSSR count). The van der Waals surface area contributed by atoms with Crippen LogP contribution in [-0.2, 0) is 0 Å². The van der Waals surface area contributed by atoms with Crippen molar-refractivity contribution in [1.82, 2.24) is 10.3 Å². The van der Waals surface area contributed by atoms with Crippen molar-refractivity contribution in [3.05, 3.63) is 23.9 Å². The van der Waals surface area contributed by atoms with E-state index in [0.29, 0.717) is 18.5 Å². The van der Waals surface area contributed by atoms with Crippen LogP contribution in [0.4, 0.5) is 8.78 Å². The fourth-order valence-corrected chi connectivity index (χ4v) is 2.55. The van der Waals surface area contributed by atoms with Gasteiger partial charge in [-0.25, -0.2) is 13.8 Å². The molecule has 5 nitrogen and oxygen atoms in total. The summed E-state index contributed by atoms with van der Waals surface area (Å²) in [5.74, 6) is -0.204. The number of alkyl halides is 2. The molecule has 22 heavy (non-hydrogen) atoms. The highest BCUT2D eigenvalue weighted by Crippen LogP contribution is 2.43. The van der Waals surface area contributed by atoms with E-state index in [-0.39, 0.29) is 23.8 Å². The third kappa shape index (κ3) is 4.37. The van der Waals surface area contributed by atoms with Crippen molar-refractivity contribution in [1.29, 1.82) is 0 Å². The number of pyridine rings is 1. The maximum atomic E-state index is 12.0. The van der Waals surface area contributed by atoms with Gasteiger partial charge in [-0.3, -0.25) is 4.79 Å². The Hall–Kier alpha value is -1.76. The summed E-state index contributed by atoms with van der Waals surface area (Å²) in [5.41, 5.74) is 0.362. The van der Waals surface area contributed by atoms with Gasteiger partial charge in [0.05, 0.1) is 5.56 Å². The molecule has 1 aromatic rings. The van der Waals surface area contributed by atoms with E-state index in [1.807, 2.05) is 0 Å². The minimum Gasteiger partial charge on any atom is -0.472 e. The second kappa shape index (κ2) is 7.49. The lowest BCUT2D eigenvalue weighted by Crippen LogP contribution is -2.42. The summed E-state index contributed by atoms with van der Waals surface area (Å²) in [7, 11) is 0. The number of carbonyl (C=O) groups excluding carboxylic acids is 1. The predicted octanol–water partition coefficient (Wildman–Crippen LogP) is 2.01. The van der Waals surface area contributed by atoms with Crippen molar-refractivity contribution in [2.45, 2.75) is 32.1 Å². The molecule has 1 heterocycles. The van der Waals surface area contributed by atoms with Gasteiger partial charge in [-0.2, -0.15) is 0 Å². The van der Waals surface area contributed by atoms with E-state index < -0.39 is 13.0 Å². The predicted molar refractivity (Wildman–Crippen MR) is 76.1 cm³/mol. The van der Waals surface area contributed by atoms with Crippen LogP contribution in [0.15, 0.2) is 18.3 Å². The van der Waals surface area contributed by atoms with Gasteiger partial charge in [-0.05, 0) is 30.7 Å². The zero-order valence-corrected chi connectivity index (χ0v) is 12.2. The van der Waals surface area contributed by atoms with Crippen LogP contribution >= 0.6 is 0 Å². The first-order chi connectivity index (χ1) is 10.5. The first-order valence-electron chi connectivity index (χ1n) is 7.31. The minimum atomic E-state index is -2.56. The average molecular weight is 314 g/mol. The van der Waals surface area contributed by atoms with Gasteiger partial charge >= 0.3 is 0 Å². The summed E-state index contributed by atoms with van der Waals surface area (Å²) in [6.07, 6.45) is 2.56. The standard InChI is InChI=1S/C15H20F2N2O3/c16-12(17)9-22-13-3-2-11(8-18-13)14(21)19-10-15(6-7-20)4-1-5-15/h2-3,8,12,20H,1,4-7,9-10H2,(H,19,21). The van der Waals surface area contributed by atoms with Crippen molar-refractivity contribution >= 4 is 5.91 Å². The maximum absolute atomic E-state index is 12.0. The van der Waals surface area contributed by atoms with Crippen molar-refractivity contribution < 1.29 is 23.4 Å². The largest absolute Gasteiger partial charge is 0.472 e. The Bertz CT molecular complexity index is 490. The molecule has 0 aromatic carbocycles. The highest BCUT2D eigenvalue weighted by atomic mass is 19.3. The maximum Gasteiger partial charge on any atom is 0.272 e. The van der Waals surface area contributed by atoms with E-state index in [1.54, 1.807) is 0 Å². The normalized spacial score (nSPS) is 16.2. The average Bonchev–Trinajstić information content (AvgIpc) is 2.48. The molecule has 0 saturated heterocycles. The Morgan fingerprint density at radius 2 is 2.23 bits per heavy atom. The van der Waals surface area contributed by atoms with Crippen LogP contribution in [0.2, 0.25) is 0 Å². The van der Waals surface area contributed by atoms with Crippen LogP contribution in [0.5, 0.6) is 5.88 Å². The molecular weight excluding hydrogens is 294 g/mol. The number of amides is 1. The molecule has 7 heteroatoms. The first-order valence-corrected chi connectivity index (χ1v) is 7.31. The number of hydrogen-bond acceptors (Lipinski definition) is 4. The van der Waals surface area contributed by atoms with Gasteiger partial charge in [0, 0.05) is 25.4 Å². The zero-order valence-electron chi connectivity index (χ0n) is 12.2. The van der Waals surface area contributed by atoms with E-state index in [0.717, 1.165) is 19.3 Å². The molecule has 1 amide bonds. The topological polar surface area (TPSA) is 71.5 Å². The molecule has 0 aliphatic heterocycles. The summed E-state index contributed by atoms with van der Waals surface area (Å²) < 4.78 is 28.8. The van der Waals surface area contributed by atoms with Crippen molar-refractivity contribution in [2.75, 3.05) is 19.8 Å². The van der Waals surface area contributed by atoms with Gasteiger partial charge in [0.25, 0.3) is 12.3 Å². The van der Waals surface area contributed by atoms with Gasteiger partial charge in [0.15, 0.2) is 6.61 Å². The molecule has 1 saturated carbocycles. The third-order valence-corrected chi connectivity index (χ3v) is 4.04. The van der Waals surface area contributed by atoms with Gasteiger partial charge < -0.3 is 15.2 Å². The van der Waals surface area contributed by atoms with Gasteiger partial charge in [-0.1, -0.05) is 6.42 Å². The van der Waals surface area contributed by atoms with Crippen LogP contribution in [0, 0.1) is 5.41 Å². The van der Waals surface area contributed by atoms with Crippen molar-refractivity contribution in [3.8, 4) is 5.88 Å². The van der Waals surface area contributed by atoms with Gasteiger partial charge in [0.2, 0.25) is 5.88 Å². The van der Waals surface area contributed by atoms with Gasteiger partial charge in [-0.15, -0.1) is 0 Å². The summed E-state index contributed by atoms with van der Waals surface area (Å²) in [4.78, 5) is 15.9. The highest BCUT2D eigenvalue weighted by Gasteiger charge is 2.36. The molecule has 0 spiro atoms. The van der Waals surface area contributed by atoms with Gasteiger partial charge in [0.1, 0.15) is 0 Å². The number of rotatable bonds is 8. The lowest BCUT2D eigenvalue weighted by molar-refractivity contribution is 0.0731. The Kier molecular flexibility index (Phi) is 5.65. The number of nitrogens with one attached hydrogen (secondary N) is 1. The molecule has 0 bridgehead atoms. The smallest absolute Gasteiger partial charge is 0.272 e. The summed E-state index contributed by atoms with van der Waals surface area (Å²) >= 11 is 0. The number of ether oxygens (including phenoxy) is 1. The molecule has 2 N–H and O–H groups in total. The SMILES string of the molecule is O=C(NCC1(CCO)CCC1)c1ccc(OCC(F)F)nc1. The fourth-order valence-electron chi connectivity index (χ4n) is 2.55. The molecule has 0 unspecified atom stereocenters. The first kappa shape index (κ1) is 16.6. The zero-order chi connectivity index (χ0) is 16.0. The molecule has 0 radical (unpaired) electrons. The molecule has 122 valence electrons. The number of nitrogens with zero attached hydrogens (tertiary/aromatic N) is 1. The van der Waals surface area contributed by atoms with Crippen LogP contribution < -0.4 is 10.1 Å². The molecule has 1 aromatic heterocycles. The lowest BCUT2D eigenvalue weighted by Gasteiger charge is -2.41. The number of aliphatic hydroxyl groups excluding tert-OH is 1. The Balaban J connectivity index is 1.84. The number of aliphatic hydroxyl groups is 1. The lowest BCUT2D eigenvalue weighted by atomic mass is 9.67. The monoisotopic (exact) mass is 314 g/mol. The Morgan fingerprint density at radius 3 is 2.73 bits per heavy atom. The Morgan fingerprint density at radius 1 is 1.45 bits per heavy atom. The number of hydrogen-bond donors (Lipinski definition) is 2. The van der Waals surface area contributed by atoms with Crippen LogP contribution in [-0.4, -0.2) is 42.2 Å². The summed E-state index contributed by atoms with van der Waals surface area (Å²) in [5, 5.41) is 11.9. The highest BCUT2D eigenvalue weighted by molar-refractivity contribution is 5.93. The molecule has 1 fully saturated rings. The van der Waals surface area contributed by atoms with E-state index >= 15 is 0 Å². The van der Waals surface area contributed by atoms with E-state index in [1.165, 1.54) is 18.3 Å². The fraction of sp³-hybridized carbons (Fsp3) is 0.600. The Labute approximate surface area is 127 Å².